The number of nitrogens with two attached hydrogens (primary N) is 1. The summed E-state index contributed by atoms with van der Waals surface area (Å²) >= 11 is 0. The molecule has 0 saturated carbocycles. The fourth-order valence-electron chi connectivity index (χ4n) is 2.48. The molecule has 2 aromatic rings. The number of anilines is 1. The molecular weight excluding hydrogens is 240 g/mol. The zero-order valence-corrected chi connectivity index (χ0v) is 10.8. The Morgan fingerprint density at radius 2 is 2.05 bits per heavy atom. The Morgan fingerprint density at radius 3 is 2.84 bits per heavy atom. The highest BCUT2D eigenvalue weighted by atomic mass is 16.5. The van der Waals surface area contributed by atoms with E-state index in [0.717, 1.165) is 22.2 Å². The molecule has 0 saturated heterocycles. The fraction of sp³-hybridized carbons (Fsp3) is 0.267. The van der Waals surface area contributed by atoms with E-state index in [9.17, 15) is 4.79 Å². The van der Waals surface area contributed by atoms with Crippen molar-refractivity contribution in [3.8, 4) is 5.75 Å². The van der Waals surface area contributed by atoms with Gasteiger partial charge in [-0.3, -0.25) is 4.79 Å². The van der Waals surface area contributed by atoms with Crippen molar-refractivity contribution in [2.45, 2.75) is 12.5 Å². The number of carbonyl (C=O) groups excluding carboxylic acids is 1. The summed E-state index contributed by atoms with van der Waals surface area (Å²) in [5, 5.41) is 2.14. The monoisotopic (exact) mass is 256 g/mol. The minimum atomic E-state index is -0.478. The molecular formula is C15H16N2O2. The van der Waals surface area contributed by atoms with Crippen LogP contribution in [0.2, 0.25) is 0 Å². The van der Waals surface area contributed by atoms with Gasteiger partial charge in [-0.1, -0.05) is 30.3 Å². The molecule has 4 nitrogen and oxygen atoms in total. The van der Waals surface area contributed by atoms with E-state index in [4.69, 9.17) is 10.5 Å². The van der Waals surface area contributed by atoms with Gasteiger partial charge in [-0.15, -0.1) is 0 Å². The van der Waals surface area contributed by atoms with Gasteiger partial charge in [-0.2, -0.15) is 0 Å². The molecule has 0 radical (unpaired) electrons. The molecule has 1 heterocycles. The zero-order valence-electron chi connectivity index (χ0n) is 10.8. The molecule has 3 rings (SSSR count). The number of nitrogens with zero attached hydrogens (tertiary/aromatic N) is 1. The first-order valence-electron chi connectivity index (χ1n) is 6.38. The summed E-state index contributed by atoms with van der Waals surface area (Å²) in [7, 11) is 1.78. The molecule has 98 valence electrons. The second-order valence-electron chi connectivity index (χ2n) is 4.72. The quantitative estimate of drug-likeness (QED) is 0.893. The molecule has 1 atom stereocenters. The molecule has 4 heteroatoms. The third-order valence-corrected chi connectivity index (χ3v) is 3.52. The maximum atomic E-state index is 12.2. The molecule has 0 bridgehead atoms. The van der Waals surface area contributed by atoms with Gasteiger partial charge in [0.25, 0.3) is 5.91 Å². The Hall–Kier alpha value is -2.07. The summed E-state index contributed by atoms with van der Waals surface area (Å²) in [6.45, 7) is 0.435. The van der Waals surface area contributed by atoms with E-state index in [2.05, 4.69) is 0 Å². The Balaban J connectivity index is 2.16. The van der Waals surface area contributed by atoms with E-state index >= 15 is 0 Å². The lowest BCUT2D eigenvalue weighted by atomic mass is 10.1. The largest absolute Gasteiger partial charge is 0.478 e. The Labute approximate surface area is 111 Å². The van der Waals surface area contributed by atoms with Gasteiger partial charge < -0.3 is 15.4 Å². The van der Waals surface area contributed by atoms with Crippen LogP contribution in [0.25, 0.3) is 10.8 Å². The number of carbonyl (C=O) groups is 1. The molecule has 0 aliphatic carbocycles. The number of likely N-dealkylation sites (N-methyl/N-ethyl adjacent to an activating group) is 1. The van der Waals surface area contributed by atoms with Crippen LogP contribution in [0.15, 0.2) is 36.4 Å². The van der Waals surface area contributed by atoms with Crippen LogP contribution >= 0.6 is 0 Å². The summed E-state index contributed by atoms with van der Waals surface area (Å²) in [6, 6.07) is 11.9. The van der Waals surface area contributed by atoms with Crippen molar-refractivity contribution in [2.24, 2.45) is 5.73 Å². The second-order valence-corrected chi connectivity index (χ2v) is 4.72. The molecule has 1 aliphatic rings. The fourth-order valence-corrected chi connectivity index (χ4v) is 2.48. The Kier molecular flexibility index (Phi) is 2.87. The molecule has 0 aromatic heterocycles. The van der Waals surface area contributed by atoms with Crippen molar-refractivity contribution in [3.63, 3.8) is 0 Å². The molecule has 1 amide bonds. The number of fused-ring (bicyclic) bond motifs is 3. The van der Waals surface area contributed by atoms with Crippen molar-refractivity contribution >= 4 is 22.4 Å². The maximum absolute atomic E-state index is 12.2. The van der Waals surface area contributed by atoms with E-state index in [0.29, 0.717) is 13.0 Å². The van der Waals surface area contributed by atoms with Crippen LogP contribution in [0.5, 0.6) is 5.75 Å². The van der Waals surface area contributed by atoms with Gasteiger partial charge in [0.1, 0.15) is 0 Å². The molecule has 1 aliphatic heterocycles. The van der Waals surface area contributed by atoms with Crippen molar-refractivity contribution < 1.29 is 9.53 Å². The van der Waals surface area contributed by atoms with Gasteiger partial charge in [0.05, 0.1) is 5.69 Å². The number of rotatable bonds is 2. The summed E-state index contributed by atoms with van der Waals surface area (Å²) in [6.07, 6.45) is 0.0551. The lowest BCUT2D eigenvalue weighted by molar-refractivity contribution is -0.126. The number of hydrogen-bond acceptors (Lipinski definition) is 3. The van der Waals surface area contributed by atoms with Crippen molar-refractivity contribution in [3.05, 3.63) is 36.4 Å². The zero-order chi connectivity index (χ0) is 13.4. The van der Waals surface area contributed by atoms with Crippen LogP contribution < -0.4 is 15.4 Å². The predicted octanol–water partition coefficient (Wildman–Crippen LogP) is 1.91. The topological polar surface area (TPSA) is 55.6 Å². The van der Waals surface area contributed by atoms with E-state index < -0.39 is 6.10 Å². The first-order chi connectivity index (χ1) is 9.22. The third kappa shape index (κ3) is 1.85. The number of amides is 1. The first-order valence-corrected chi connectivity index (χ1v) is 6.38. The lowest BCUT2D eigenvalue weighted by Crippen LogP contribution is -2.44. The van der Waals surface area contributed by atoms with Crippen LogP contribution in [-0.2, 0) is 4.79 Å². The Morgan fingerprint density at radius 1 is 1.26 bits per heavy atom. The van der Waals surface area contributed by atoms with Gasteiger partial charge in [0, 0.05) is 18.9 Å². The minimum absolute atomic E-state index is 0.0340. The van der Waals surface area contributed by atoms with Gasteiger partial charge in [0.15, 0.2) is 11.9 Å². The van der Waals surface area contributed by atoms with Gasteiger partial charge >= 0.3 is 0 Å². The second kappa shape index (κ2) is 4.55. The van der Waals surface area contributed by atoms with E-state index in [-0.39, 0.29) is 5.91 Å². The number of hydrogen-bond donors (Lipinski definition) is 1. The van der Waals surface area contributed by atoms with Crippen LogP contribution in [0.3, 0.4) is 0 Å². The van der Waals surface area contributed by atoms with Crippen LogP contribution in [0.1, 0.15) is 6.42 Å². The SMILES string of the molecule is CN1C(=O)C(CCN)Oc2c1ccc1ccccc21. The van der Waals surface area contributed by atoms with Gasteiger partial charge in [-0.05, 0) is 18.0 Å². The standard InChI is InChI=1S/C15H16N2O2/c1-17-12-7-6-10-4-2-3-5-11(10)14(12)19-13(8-9-16)15(17)18/h2-7,13H,8-9,16H2,1H3. The normalized spacial score (nSPS) is 18.3. The minimum Gasteiger partial charge on any atom is -0.478 e. The van der Waals surface area contributed by atoms with Crippen molar-refractivity contribution in [1.29, 1.82) is 0 Å². The van der Waals surface area contributed by atoms with Crippen molar-refractivity contribution in [1.82, 2.24) is 0 Å². The molecule has 0 spiro atoms. The molecule has 0 fully saturated rings. The maximum Gasteiger partial charge on any atom is 0.267 e. The van der Waals surface area contributed by atoms with Crippen LogP contribution in [0.4, 0.5) is 5.69 Å². The summed E-state index contributed by atoms with van der Waals surface area (Å²) < 4.78 is 5.90. The highest BCUT2D eigenvalue weighted by molar-refractivity contribution is 6.04. The highest BCUT2D eigenvalue weighted by Gasteiger charge is 2.32. The average molecular weight is 256 g/mol. The smallest absolute Gasteiger partial charge is 0.267 e. The van der Waals surface area contributed by atoms with Gasteiger partial charge in [-0.25, -0.2) is 0 Å². The van der Waals surface area contributed by atoms with Crippen LogP contribution in [0, 0.1) is 0 Å². The van der Waals surface area contributed by atoms with Crippen LogP contribution in [-0.4, -0.2) is 25.6 Å². The highest BCUT2D eigenvalue weighted by Crippen LogP contribution is 2.39. The molecule has 1 unspecified atom stereocenters. The van der Waals surface area contributed by atoms with Crippen molar-refractivity contribution in [2.75, 3.05) is 18.5 Å². The number of ether oxygens (including phenoxy) is 1. The molecule has 2 N–H and O–H groups in total. The van der Waals surface area contributed by atoms with Gasteiger partial charge in [0.2, 0.25) is 0 Å². The number of benzene rings is 2. The van der Waals surface area contributed by atoms with E-state index in [1.165, 1.54) is 0 Å². The summed E-state index contributed by atoms with van der Waals surface area (Å²) in [5.41, 5.74) is 6.37. The molecule has 19 heavy (non-hydrogen) atoms. The van der Waals surface area contributed by atoms with E-state index in [1.807, 2.05) is 36.4 Å². The Bertz CT molecular complexity index is 639. The predicted molar refractivity (Wildman–Crippen MR) is 75.4 cm³/mol. The first kappa shape index (κ1) is 12.0. The molecule has 2 aromatic carbocycles. The van der Waals surface area contributed by atoms with E-state index in [1.54, 1.807) is 11.9 Å². The average Bonchev–Trinajstić information content (AvgIpc) is 2.44. The third-order valence-electron chi connectivity index (χ3n) is 3.52. The lowest BCUT2D eigenvalue weighted by Gasteiger charge is -2.32. The summed E-state index contributed by atoms with van der Waals surface area (Å²) in [4.78, 5) is 13.8. The summed E-state index contributed by atoms with van der Waals surface area (Å²) in [5.74, 6) is 0.742.